The van der Waals surface area contributed by atoms with E-state index in [4.69, 9.17) is 0 Å². The zero-order chi connectivity index (χ0) is 17.3. The molecule has 1 aromatic heterocycles. The standard InChI is InChI=1S/C17H12F3NO2S/c18-17(19,20)15-6-2-5-14-13(7-8-21-16(14)15)12-4-1-3-11(9-12)10-24(22)23/h1-9H,10H2,(H,22,23)/p-1. The molecule has 0 aliphatic carbocycles. The molecule has 1 atom stereocenters. The van der Waals surface area contributed by atoms with Gasteiger partial charge in [0.25, 0.3) is 0 Å². The first kappa shape index (κ1) is 16.6. The predicted octanol–water partition coefficient (Wildman–Crippen LogP) is 4.30. The first-order valence-corrected chi connectivity index (χ1v) is 8.21. The number of halogens is 3. The summed E-state index contributed by atoms with van der Waals surface area (Å²) in [6.07, 6.45) is -3.17. The summed E-state index contributed by atoms with van der Waals surface area (Å²) in [5.74, 6) is -0.148. The number of hydrogen-bond donors (Lipinski definition) is 0. The summed E-state index contributed by atoms with van der Waals surface area (Å²) < 4.78 is 61.2. The number of hydrogen-bond acceptors (Lipinski definition) is 3. The number of rotatable bonds is 3. The molecule has 0 bridgehead atoms. The Morgan fingerprint density at radius 3 is 2.54 bits per heavy atom. The van der Waals surface area contributed by atoms with E-state index in [0.29, 0.717) is 22.1 Å². The number of pyridine rings is 1. The quantitative estimate of drug-likeness (QED) is 0.662. The molecule has 124 valence electrons. The predicted molar refractivity (Wildman–Crippen MR) is 84.8 cm³/mol. The summed E-state index contributed by atoms with van der Waals surface area (Å²) in [6.45, 7) is 0. The van der Waals surface area contributed by atoms with E-state index >= 15 is 0 Å². The van der Waals surface area contributed by atoms with Crippen molar-refractivity contribution in [1.82, 2.24) is 4.98 Å². The molecule has 0 fully saturated rings. The number of benzene rings is 2. The van der Waals surface area contributed by atoms with Gasteiger partial charge >= 0.3 is 6.18 Å². The topological polar surface area (TPSA) is 53.0 Å². The molecule has 3 nitrogen and oxygen atoms in total. The summed E-state index contributed by atoms with van der Waals surface area (Å²) >= 11 is -2.23. The van der Waals surface area contributed by atoms with E-state index in [1.807, 2.05) is 0 Å². The molecule has 0 aliphatic rings. The minimum atomic E-state index is -4.49. The van der Waals surface area contributed by atoms with E-state index in [9.17, 15) is 21.9 Å². The van der Waals surface area contributed by atoms with Crippen molar-refractivity contribution < 1.29 is 21.9 Å². The van der Waals surface area contributed by atoms with Gasteiger partial charge in [-0.05, 0) is 28.8 Å². The SMILES string of the molecule is O=S([O-])Cc1cccc(-c2ccnc3c(C(F)(F)F)cccc23)c1. The second-order valence-corrected chi connectivity index (χ2v) is 6.10. The van der Waals surface area contributed by atoms with Gasteiger partial charge in [0, 0.05) is 17.3 Å². The molecule has 0 spiro atoms. The molecule has 0 aliphatic heterocycles. The monoisotopic (exact) mass is 350 g/mol. The third-order valence-corrected chi connectivity index (χ3v) is 4.17. The van der Waals surface area contributed by atoms with E-state index in [1.54, 1.807) is 36.4 Å². The van der Waals surface area contributed by atoms with Gasteiger partial charge in [0.15, 0.2) is 0 Å². The molecule has 0 saturated carbocycles. The van der Waals surface area contributed by atoms with E-state index in [1.165, 1.54) is 12.3 Å². The summed E-state index contributed by atoms with van der Waals surface area (Å²) in [6, 6.07) is 12.3. The van der Waals surface area contributed by atoms with E-state index < -0.39 is 22.8 Å². The zero-order valence-electron chi connectivity index (χ0n) is 12.2. The van der Waals surface area contributed by atoms with Gasteiger partial charge in [0.2, 0.25) is 0 Å². The van der Waals surface area contributed by atoms with Crippen LogP contribution in [0.15, 0.2) is 54.7 Å². The Bertz CT molecular complexity index is 925. The van der Waals surface area contributed by atoms with Crippen LogP contribution in [0, 0.1) is 0 Å². The Labute approximate surface area is 138 Å². The average molecular weight is 350 g/mol. The smallest absolute Gasteiger partial charge is 0.418 e. The Hall–Kier alpha value is -2.25. The van der Waals surface area contributed by atoms with Gasteiger partial charge in [-0.25, -0.2) is 0 Å². The summed E-state index contributed by atoms with van der Waals surface area (Å²) in [4.78, 5) is 3.89. The van der Waals surface area contributed by atoms with Crippen molar-refractivity contribution in [2.75, 3.05) is 0 Å². The fourth-order valence-corrected chi connectivity index (χ4v) is 3.07. The molecule has 3 aromatic rings. The number of fused-ring (bicyclic) bond motifs is 1. The number of alkyl halides is 3. The van der Waals surface area contributed by atoms with Crippen LogP contribution in [-0.4, -0.2) is 13.7 Å². The van der Waals surface area contributed by atoms with Crippen LogP contribution in [0.5, 0.6) is 0 Å². The van der Waals surface area contributed by atoms with Crippen LogP contribution in [0.4, 0.5) is 13.2 Å². The number of nitrogens with zero attached hydrogens (tertiary/aromatic N) is 1. The maximum absolute atomic E-state index is 13.2. The second kappa shape index (κ2) is 6.33. The van der Waals surface area contributed by atoms with Crippen molar-refractivity contribution in [2.24, 2.45) is 0 Å². The summed E-state index contributed by atoms with van der Waals surface area (Å²) in [5.41, 5.74) is 0.867. The Morgan fingerprint density at radius 2 is 1.83 bits per heavy atom. The van der Waals surface area contributed by atoms with Gasteiger partial charge in [0.05, 0.1) is 11.1 Å². The molecule has 24 heavy (non-hydrogen) atoms. The largest absolute Gasteiger partial charge is 0.772 e. The van der Waals surface area contributed by atoms with Crippen molar-refractivity contribution >= 4 is 22.0 Å². The Kier molecular flexibility index (Phi) is 4.38. The number of aromatic nitrogens is 1. The molecule has 2 aromatic carbocycles. The molecular weight excluding hydrogens is 339 g/mol. The normalized spacial score (nSPS) is 13.2. The lowest BCUT2D eigenvalue weighted by molar-refractivity contribution is -0.136. The van der Waals surface area contributed by atoms with Gasteiger partial charge in [-0.3, -0.25) is 9.19 Å². The van der Waals surface area contributed by atoms with Crippen molar-refractivity contribution in [2.45, 2.75) is 11.9 Å². The highest BCUT2D eigenvalue weighted by Crippen LogP contribution is 2.36. The highest BCUT2D eigenvalue weighted by Gasteiger charge is 2.33. The molecule has 0 radical (unpaired) electrons. The lowest BCUT2D eigenvalue weighted by atomic mass is 9.98. The van der Waals surface area contributed by atoms with Gasteiger partial charge in [-0.2, -0.15) is 13.2 Å². The van der Waals surface area contributed by atoms with Crippen LogP contribution < -0.4 is 0 Å². The number of para-hydroxylation sites is 1. The molecule has 1 heterocycles. The minimum Gasteiger partial charge on any atom is -0.772 e. The van der Waals surface area contributed by atoms with Gasteiger partial charge in [0.1, 0.15) is 0 Å². The summed E-state index contributed by atoms with van der Waals surface area (Å²) in [7, 11) is 0. The van der Waals surface area contributed by atoms with Crippen LogP contribution in [0.25, 0.3) is 22.0 Å². The van der Waals surface area contributed by atoms with Crippen LogP contribution in [-0.2, 0) is 23.0 Å². The van der Waals surface area contributed by atoms with Crippen LogP contribution in [0.2, 0.25) is 0 Å². The Morgan fingerprint density at radius 1 is 1.08 bits per heavy atom. The van der Waals surface area contributed by atoms with Crippen LogP contribution in [0.3, 0.4) is 0 Å². The van der Waals surface area contributed by atoms with E-state index in [0.717, 1.165) is 6.07 Å². The van der Waals surface area contributed by atoms with Gasteiger partial charge in [-0.1, -0.05) is 47.5 Å². The molecule has 1 unspecified atom stereocenters. The van der Waals surface area contributed by atoms with Crippen molar-refractivity contribution in [3.8, 4) is 11.1 Å². The molecule has 7 heteroatoms. The highest BCUT2D eigenvalue weighted by molar-refractivity contribution is 7.78. The maximum atomic E-state index is 13.2. The molecule has 3 rings (SSSR count). The molecule has 0 saturated heterocycles. The van der Waals surface area contributed by atoms with Crippen molar-refractivity contribution in [3.05, 3.63) is 65.9 Å². The fraction of sp³-hybridized carbons (Fsp3) is 0.118. The highest BCUT2D eigenvalue weighted by atomic mass is 32.2. The third-order valence-electron chi connectivity index (χ3n) is 3.60. The second-order valence-electron chi connectivity index (χ2n) is 5.21. The van der Waals surface area contributed by atoms with Gasteiger partial charge < -0.3 is 4.55 Å². The van der Waals surface area contributed by atoms with E-state index in [-0.39, 0.29) is 11.3 Å². The Balaban J connectivity index is 2.19. The van der Waals surface area contributed by atoms with E-state index in [2.05, 4.69) is 4.98 Å². The van der Waals surface area contributed by atoms with Gasteiger partial charge in [-0.15, -0.1) is 0 Å². The molecular formula is C17H11F3NO2S-. The lowest BCUT2D eigenvalue weighted by Gasteiger charge is -2.13. The van der Waals surface area contributed by atoms with Crippen molar-refractivity contribution in [1.29, 1.82) is 0 Å². The lowest BCUT2D eigenvalue weighted by Crippen LogP contribution is -2.06. The maximum Gasteiger partial charge on any atom is 0.418 e. The fourth-order valence-electron chi connectivity index (χ4n) is 2.62. The molecule has 0 amide bonds. The third kappa shape index (κ3) is 3.32. The van der Waals surface area contributed by atoms with Crippen LogP contribution in [0.1, 0.15) is 11.1 Å². The average Bonchev–Trinajstić information content (AvgIpc) is 2.52. The van der Waals surface area contributed by atoms with Crippen LogP contribution >= 0.6 is 0 Å². The summed E-state index contributed by atoms with van der Waals surface area (Å²) in [5, 5.41) is 0.368. The van der Waals surface area contributed by atoms with Crippen molar-refractivity contribution in [3.63, 3.8) is 0 Å². The minimum absolute atomic E-state index is 0.125. The first-order valence-electron chi connectivity index (χ1n) is 6.96. The zero-order valence-corrected chi connectivity index (χ0v) is 13.0. The first-order chi connectivity index (χ1) is 11.4. The molecule has 0 N–H and O–H groups in total.